The van der Waals surface area contributed by atoms with Crippen molar-refractivity contribution in [2.75, 3.05) is 12.3 Å². The molecule has 1 aliphatic rings. The minimum absolute atomic E-state index is 0.115. The van der Waals surface area contributed by atoms with E-state index >= 15 is 0 Å². The Kier molecular flexibility index (Phi) is 8.78. The van der Waals surface area contributed by atoms with Crippen molar-refractivity contribution < 1.29 is 60.3 Å². The molecule has 0 amide bonds. The highest BCUT2D eigenvalue weighted by molar-refractivity contribution is 7.66. The van der Waals surface area contributed by atoms with Crippen LogP contribution in [0.2, 0.25) is 0 Å². The van der Waals surface area contributed by atoms with Crippen molar-refractivity contribution in [2.24, 2.45) is 5.11 Å². The van der Waals surface area contributed by atoms with Crippen LogP contribution in [0.4, 0.5) is 10.2 Å². The molecule has 0 spiro atoms. The predicted molar refractivity (Wildman–Crippen MR) is 105 cm³/mol. The molecule has 6 atom stereocenters. The summed E-state index contributed by atoms with van der Waals surface area (Å²) in [5.41, 5.74) is 13.0. The van der Waals surface area contributed by atoms with E-state index in [1.807, 2.05) is 0 Å². The van der Waals surface area contributed by atoms with E-state index in [2.05, 4.69) is 28.2 Å². The lowest BCUT2D eigenvalue weighted by molar-refractivity contribution is -0.178. The van der Waals surface area contributed by atoms with Crippen LogP contribution in [0.5, 0.6) is 0 Å². The van der Waals surface area contributed by atoms with Gasteiger partial charge in [-0.2, -0.15) is 13.6 Å². The number of aromatic nitrogens is 2. The van der Waals surface area contributed by atoms with Gasteiger partial charge in [-0.3, -0.25) is 9.09 Å². The summed E-state index contributed by atoms with van der Waals surface area (Å²) in [7, 11) is -16.9. The van der Waals surface area contributed by atoms with Gasteiger partial charge in [-0.05, 0) is 16.7 Å². The molecule has 1 aromatic rings. The molecular weight excluding hydrogens is 536 g/mol. The Morgan fingerprint density at radius 2 is 2.00 bits per heavy atom. The van der Waals surface area contributed by atoms with Gasteiger partial charge in [-0.1, -0.05) is 0 Å². The van der Waals surface area contributed by atoms with E-state index in [0.29, 0.717) is 0 Å². The molecule has 0 aromatic carbocycles. The Hall–Kier alpha value is -1.75. The van der Waals surface area contributed by atoms with Crippen molar-refractivity contribution in [3.63, 3.8) is 0 Å². The molecule has 1 aromatic heterocycles. The van der Waals surface area contributed by atoms with Gasteiger partial charge in [0.25, 0.3) is 5.98 Å². The van der Waals surface area contributed by atoms with Crippen molar-refractivity contribution in [3.8, 4) is 0 Å². The van der Waals surface area contributed by atoms with Gasteiger partial charge in [0.05, 0.1) is 12.7 Å². The minimum atomic E-state index is -5.78. The third-order valence-corrected chi connectivity index (χ3v) is 7.55. The topological polar surface area (TPSA) is 288 Å². The number of alkyl halides is 1. The van der Waals surface area contributed by atoms with Gasteiger partial charge in [0.15, 0.2) is 0 Å². The average molecular weight is 554 g/mol. The second-order valence-corrected chi connectivity index (χ2v) is 10.9. The maximum Gasteiger partial charge on any atom is 0.490 e. The minimum Gasteiger partial charge on any atom is -0.383 e. The lowest BCUT2D eigenvalue weighted by atomic mass is 10.2. The molecule has 1 aliphatic heterocycles. The number of anilines is 1. The number of nitrogens with zero attached hydrogens (tertiary/aromatic N) is 5. The zero-order chi connectivity index (χ0) is 25.9. The maximum absolute atomic E-state index is 14.3. The summed E-state index contributed by atoms with van der Waals surface area (Å²) in [6.45, 7) is -0.287. The highest BCUT2D eigenvalue weighted by Crippen LogP contribution is 2.66. The monoisotopic (exact) mass is 554 g/mol. The van der Waals surface area contributed by atoms with Crippen LogP contribution in [0.15, 0.2) is 22.2 Å². The number of nitrogens with two attached hydrogens (primary N) is 1. The smallest absolute Gasteiger partial charge is 0.383 e. The number of hydrogen-bond donors (Lipinski definition) is 5. The van der Waals surface area contributed by atoms with Crippen LogP contribution in [-0.4, -0.2) is 53.9 Å². The molecule has 0 aliphatic carbocycles. The Balaban J connectivity index is 2.20. The molecule has 2 heterocycles. The summed E-state index contributed by atoms with van der Waals surface area (Å²) in [4.78, 5) is 53.6. The van der Waals surface area contributed by atoms with E-state index in [4.69, 9.17) is 30.5 Å². The zero-order valence-electron chi connectivity index (χ0n) is 16.8. The second-order valence-electron chi connectivity index (χ2n) is 6.51. The Morgan fingerprint density at radius 1 is 1.35 bits per heavy atom. The summed E-state index contributed by atoms with van der Waals surface area (Å²) in [6.07, 6.45) is -3.22. The molecule has 0 bridgehead atoms. The van der Waals surface area contributed by atoms with E-state index < -0.39 is 60.2 Å². The fraction of sp³-hybridized carbons (Fsp3) is 0.636. The molecule has 2 rings (SSSR count). The fourth-order valence-corrected chi connectivity index (χ4v) is 5.67. The van der Waals surface area contributed by atoms with Crippen molar-refractivity contribution in [3.05, 3.63) is 33.2 Å². The molecule has 19 nitrogen and oxygen atoms in total. The first-order valence-corrected chi connectivity index (χ1v) is 13.2. The summed E-state index contributed by atoms with van der Waals surface area (Å²) in [5, 5.41) is 2.78. The van der Waals surface area contributed by atoms with Crippen molar-refractivity contribution in [1.29, 1.82) is 0 Å². The summed E-state index contributed by atoms with van der Waals surface area (Å²) in [6, 6.07) is 1.24. The first-order valence-electron chi connectivity index (χ1n) is 8.63. The number of nitrogen functional groups attached to an aromatic ring is 1. The molecule has 6 N–H and O–H groups in total. The van der Waals surface area contributed by atoms with Gasteiger partial charge >= 0.3 is 29.2 Å². The van der Waals surface area contributed by atoms with Crippen molar-refractivity contribution in [2.45, 2.75) is 37.8 Å². The van der Waals surface area contributed by atoms with Gasteiger partial charge < -0.3 is 34.8 Å². The van der Waals surface area contributed by atoms with Gasteiger partial charge in [0.2, 0.25) is 0 Å². The quantitative estimate of drug-likeness (QED) is 0.0830. The van der Waals surface area contributed by atoms with E-state index in [-0.39, 0.29) is 12.2 Å². The molecule has 1 saturated heterocycles. The molecule has 0 radical (unpaired) electrons. The highest BCUT2D eigenvalue weighted by Gasteiger charge is 2.45. The second kappa shape index (κ2) is 10.5. The molecule has 3 unspecified atom stereocenters. The van der Waals surface area contributed by atoms with Crippen molar-refractivity contribution in [1.82, 2.24) is 9.55 Å². The van der Waals surface area contributed by atoms with Crippen LogP contribution in [0.1, 0.15) is 19.6 Å². The van der Waals surface area contributed by atoms with Gasteiger partial charge in [-0.15, -0.1) is 0 Å². The Labute approximate surface area is 188 Å². The van der Waals surface area contributed by atoms with E-state index in [0.717, 1.165) is 11.5 Å². The largest absolute Gasteiger partial charge is 0.490 e. The first-order chi connectivity index (χ1) is 15.4. The van der Waals surface area contributed by atoms with Crippen molar-refractivity contribution >= 4 is 29.3 Å². The van der Waals surface area contributed by atoms with E-state index in [1.54, 1.807) is 0 Å². The number of azide groups is 1. The van der Waals surface area contributed by atoms with E-state index in [9.17, 15) is 32.7 Å². The number of rotatable bonds is 11. The molecule has 192 valence electrons. The molecule has 34 heavy (non-hydrogen) atoms. The summed E-state index contributed by atoms with van der Waals surface area (Å²) < 4.78 is 71.3. The number of ether oxygens (including phenoxy) is 2. The van der Waals surface area contributed by atoms with Crippen LogP contribution in [0.3, 0.4) is 0 Å². The maximum atomic E-state index is 14.3. The normalized spacial score (nSPS) is 26.1. The summed E-state index contributed by atoms with van der Waals surface area (Å²) in [5.74, 6) is -3.05. The zero-order valence-corrected chi connectivity index (χ0v) is 19.5. The molecule has 23 heteroatoms. The van der Waals surface area contributed by atoms with Crippen LogP contribution in [-0.2, 0) is 36.3 Å². The number of hydrogen-bond acceptors (Lipinski definition) is 12. The Bertz CT molecular complexity index is 1150. The standard InChI is InChI=1S/C11H18FN6O13P3/c1-11(12,16-17-14)29-6-4-9(18-3-2-8(13)15-10(18)19)28-7(6)5-27-33(23,24)31-34(25,26)30-32(20,21)22/h2-3,6-7,9H,4-5H2,1H3,(H,23,24)(H,25,26)(H2,13,15,19)(H2,20,21,22)/t6-,7-,9-,11?/m1/s1. The lowest BCUT2D eigenvalue weighted by Crippen LogP contribution is -2.35. The van der Waals surface area contributed by atoms with Gasteiger partial charge in [-0.25, -0.2) is 22.9 Å². The average Bonchev–Trinajstić information content (AvgIpc) is 2.98. The molecule has 0 saturated carbocycles. The third kappa shape index (κ3) is 8.79. The SMILES string of the molecule is CC(F)(N=[N+]=[N-])O[C@@H]1C[C@H](n2ccc(N)nc2=O)O[C@@H]1COP(=O)(O)OP(=O)(O)OP(=O)(O)O. The van der Waals surface area contributed by atoms with E-state index in [1.165, 1.54) is 12.3 Å². The van der Waals surface area contributed by atoms with Gasteiger partial charge in [0, 0.05) is 24.5 Å². The van der Waals surface area contributed by atoms with Crippen LogP contribution in [0, 0.1) is 0 Å². The van der Waals surface area contributed by atoms with Crippen LogP contribution < -0.4 is 11.4 Å². The first kappa shape index (κ1) is 28.5. The van der Waals surface area contributed by atoms with Gasteiger partial charge in [0.1, 0.15) is 18.1 Å². The van der Waals surface area contributed by atoms with Crippen LogP contribution in [0.25, 0.3) is 10.4 Å². The highest BCUT2D eigenvalue weighted by atomic mass is 31.3. The predicted octanol–water partition coefficient (Wildman–Crippen LogP) is 0.795. The number of phosphoric ester groups is 1. The lowest BCUT2D eigenvalue weighted by Gasteiger charge is -2.24. The molecule has 1 fully saturated rings. The summed E-state index contributed by atoms with van der Waals surface area (Å²) >= 11 is 0. The molecular formula is C11H18FN6O13P3. The Morgan fingerprint density at radius 3 is 2.56 bits per heavy atom. The van der Waals surface area contributed by atoms with Crippen LogP contribution >= 0.6 is 23.5 Å². The number of phosphoric acid groups is 3. The number of halogens is 1. The fourth-order valence-electron chi connectivity index (χ4n) is 2.64. The third-order valence-electron chi connectivity index (χ3n) is 3.75.